The maximum atomic E-state index is 13.6. The van der Waals surface area contributed by atoms with E-state index in [2.05, 4.69) is 14.9 Å². The molecule has 4 nitrogen and oxygen atoms in total. The normalized spacial score (nSPS) is 10.2. The molecule has 2 rings (SSSR count). The molecule has 0 bridgehead atoms. The third kappa shape index (κ3) is 1.81. The maximum Gasteiger partial charge on any atom is 0.238 e. The molecule has 0 aliphatic rings. The smallest absolute Gasteiger partial charge is 0.238 e. The second-order valence-electron chi connectivity index (χ2n) is 2.91. The van der Waals surface area contributed by atoms with Gasteiger partial charge in [0.15, 0.2) is 17.3 Å². The number of halogens is 2. The zero-order valence-corrected chi connectivity index (χ0v) is 8.33. The van der Waals surface area contributed by atoms with Gasteiger partial charge in [-0.2, -0.15) is 4.39 Å². The van der Waals surface area contributed by atoms with E-state index < -0.39 is 17.4 Å². The highest BCUT2D eigenvalue weighted by atomic mass is 19.1. The number of aromatic nitrogens is 2. The van der Waals surface area contributed by atoms with Crippen LogP contribution < -0.4 is 9.47 Å². The second-order valence-corrected chi connectivity index (χ2v) is 2.91. The quantitative estimate of drug-likeness (QED) is 0.874. The molecule has 84 valence electrons. The molecule has 1 N–H and O–H groups in total. The van der Waals surface area contributed by atoms with Crippen molar-refractivity contribution in [3.8, 4) is 17.4 Å². The van der Waals surface area contributed by atoms with E-state index in [1.54, 1.807) is 0 Å². The van der Waals surface area contributed by atoms with Crippen molar-refractivity contribution in [2.45, 2.75) is 0 Å². The number of nitrogens with one attached hydrogen (secondary N) is 1. The summed E-state index contributed by atoms with van der Waals surface area (Å²) in [5, 5.41) is 6.19. The van der Waals surface area contributed by atoms with Crippen LogP contribution in [0.15, 0.2) is 24.4 Å². The first-order chi connectivity index (χ1) is 7.72. The molecule has 0 saturated heterocycles. The molecule has 0 saturated carbocycles. The van der Waals surface area contributed by atoms with Gasteiger partial charge in [-0.15, -0.1) is 5.10 Å². The van der Waals surface area contributed by atoms with E-state index in [9.17, 15) is 8.78 Å². The van der Waals surface area contributed by atoms with Gasteiger partial charge in [-0.05, 0) is 12.1 Å². The lowest BCUT2D eigenvalue weighted by Crippen LogP contribution is -1.96. The SMILES string of the molecule is COc1c(F)ccc(Oc2cc[nH]n2)c1F. The van der Waals surface area contributed by atoms with E-state index >= 15 is 0 Å². The molecule has 16 heavy (non-hydrogen) atoms. The third-order valence-corrected chi connectivity index (χ3v) is 1.91. The van der Waals surface area contributed by atoms with E-state index in [4.69, 9.17) is 4.74 Å². The van der Waals surface area contributed by atoms with Gasteiger partial charge in [-0.25, -0.2) is 4.39 Å². The lowest BCUT2D eigenvalue weighted by Gasteiger charge is -2.07. The Balaban J connectivity index is 2.35. The number of H-pyrrole nitrogens is 1. The summed E-state index contributed by atoms with van der Waals surface area (Å²) in [7, 11) is 1.18. The minimum Gasteiger partial charge on any atom is -0.491 e. The highest BCUT2D eigenvalue weighted by molar-refractivity contribution is 5.38. The van der Waals surface area contributed by atoms with Gasteiger partial charge >= 0.3 is 0 Å². The number of rotatable bonds is 3. The van der Waals surface area contributed by atoms with E-state index in [1.165, 1.54) is 25.4 Å². The number of methoxy groups -OCH3 is 1. The summed E-state index contributed by atoms with van der Waals surface area (Å²) in [6, 6.07) is 3.74. The van der Waals surface area contributed by atoms with Gasteiger partial charge in [0.1, 0.15) is 0 Å². The van der Waals surface area contributed by atoms with Crippen LogP contribution in [-0.4, -0.2) is 17.3 Å². The first kappa shape index (κ1) is 10.4. The summed E-state index contributed by atoms with van der Waals surface area (Å²) in [4.78, 5) is 0. The Hall–Kier alpha value is -2.11. The molecule has 0 unspecified atom stereocenters. The molecular formula is C10H8F2N2O2. The van der Waals surface area contributed by atoms with E-state index in [1.807, 2.05) is 0 Å². The first-order valence-corrected chi connectivity index (χ1v) is 4.42. The zero-order chi connectivity index (χ0) is 11.5. The van der Waals surface area contributed by atoms with Crippen molar-refractivity contribution < 1.29 is 18.3 Å². The van der Waals surface area contributed by atoms with Gasteiger partial charge in [0.25, 0.3) is 0 Å². The van der Waals surface area contributed by atoms with Crippen LogP contribution in [0.2, 0.25) is 0 Å². The molecule has 0 atom stereocenters. The summed E-state index contributed by atoms with van der Waals surface area (Å²) in [6.07, 6.45) is 1.52. The van der Waals surface area contributed by atoms with Crippen LogP contribution in [0.4, 0.5) is 8.78 Å². The summed E-state index contributed by atoms with van der Waals surface area (Å²) in [5.74, 6) is -2.12. The maximum absolute atomic E-state index is 13.6. The highest BCUT2D eigenvalue weighted by Gasteiger charge is 2.16. The molecule has 1 heterocycles. The number of aromatic amines is 1. The van der Waals surface area contributed by atoms with Gasteiger partial charge in [0, 0.05) is 12.3 Å². The van der Waals surface area contributed by atoms with Crippen LogP contribution in [0.3, 0.4) is 0 Å². The van der Waals surface area contributed by atoms with E-state index in [0.717, 1.165) is 6.07 Å². The molecular weight excluding hydrogens is 218 g/mol. The van der Waals surface area contributed by atoms with Crippen molar-refractivity contribution in [1.82, 2.24) is 10.2 Å². The lowest BCUT2D eigenvalue weighted by atomic mass is 10.3. The fourth-order valence-corrected chi connectivity index (χ4v) is 1.20. The molecule has 1 aromatic heterocycles. The standard InChI is InChI=1S/C10H8F2N2O2/c1-15-10-6(11)2-3-7(9(10)12)16-8-4-5-13-14-8/h2-5H,1H3,(H,13,14). The fraction of sp³-hybridized carbons (Fsp3) is 0.100. The Kier molecular flexibility index (Phi) is 2.72. The molecule has 0 amide bonds. The van der Waals surface area contributed by atoms with Gasteiger partial charge in [0.05, 0.1) is 7.11 Å². The Morgan fingerprint density at radius 2 is 2.06 bits per heavy atom. The monoisotopic (exact) mass is 226 g/mol. The van der Waals surface area contributed by atoms with Crippen LogP contribution in [0.5, 0.6) is 17.4 Å². The predicted octanol–water partition coefficient (Wildman–Crippen LogP) is 2.49. The fourth-order valence-electron chi connectivity index (χ4n) is 1.20. The molecule has 6 heteroatoms. The lowest BCUT2D eigenvalue weighted by molar-refractivity contribution is 0.343. The molecule has 0 spiro atoms. The Bertz CT molecular complexity index is 486. The molecule has 1 aromatic carbocycles. The minimum absolute atomic E-state index is 0.148. The van der Waals surface area contributed by atoms with E-state index in [-0.39, 0.29) is 11.6 Å². The average molecular weight is 226 g/mol. The summed E-state index contributed by atoms with van der Waals surface area (Å²) in [6.45, 7) is 0. The Morgan fingerprint density at radius 1 is 1.25 bits per heavy atom. The number of hydrogen-bond donors (Lipinski definition) is 1. The van der Waals surface area contributed by atoms with Crippen molar-refractivity contribution in [3.05, 3.63) is 36.0 Å². The number of ether oxygens (including phenoxy) is 2. The minimum atomic E-state index is -0.898. The van der Waals surface area contributed by atoms with Crippen molar-refractivity contribution in [3.63, 3.8) is 0 Å². The van der Waals surface area contributed by atoms with Crippen molar-refractivity contribution >= 4 is 0 Å². The van der Waals surface area contributed by atoms with Crippen LogP contribution in [-0.2, 0) is 0 Å². The molecule has 0 aliphatic carbocycles. The average Bonchev–Trinajstić information content (AvgIpc) is 2.76. The largest absolute Gasteiger partial charge is 0.491 e. The van der Waals surface area contributed by atoms with Crippen molar-refractivity contribution in [1.29, 1.82) is 0 Å². The molecule has 2 aromatic rings. The van der Waals surface area contributed by atoms with Gasteiger partial charge < -0.3 is 9.47 Å². The Morgan fingerprint density at radius 3 is 2.69 bits per heavy atom. The second kappa shape index (κ2) is 4.18. The van der Waals surface area contributed by atoms with Crippen molar-refractivity contribution in [2.24, 2.45) is 0 Å². The number of hydrogen-bond acceptors (Lipinski definition) is 3. The van der Waals surface area contributed by atoms with Gasteiger partial charge in [-0.1, -0.05) is 0 Å². The molecule has 0 aliphatic heterocycles. The van der Waals surface area contributed by atoms with Crippen molar-refractivity contribution in [2.75, 3.05) is 7.11 Å². The predicted molar refractivity (Wildman–Crippen MR) is 51.6 cm³/mol. The zero-order valence-electron chi connectivity index (χ0n) is 8.33. The summed E-state index contributed by atoms with van der Waals surface area (Å²) < 4.78 is 36.3. The molecule has 0 radical (unpaired) electrons. The van der Waals surface area contributed by atoms with Crippen LogP contribution in [0, 0.1) is 11.6 Å². The van der Waals surface area contributed by atoms with E-state index in [0.29, 0.717) is 0 Å². The Labute approximate surface area is 89.8 Å². The summed E-state index contributed by atoms with van der Waals surface area (Å²) >= 11 is 0. The van der Waals surface area contributed by atoms with Gasteiger partial charge in [0.2, 0.25) is 11.7 Å². The number of nitrogens with zero attached hydrogens (tertiary/aromatic N) is 1. The summed E-state index contributed by atoms with van der Waals surface area (Å²) in [5.41, 5.74) is 0. The van der Waals surface area contributed by atoms with Crippen LogP contribution >= 0.6 is 0 Å². The first-order valence-electron chi connectivity index (χ1n) is 4.42. The van der Waals surface area contributed by atoms with Crippen LogP contribution in [0.1, 0.15) is 0 Å². The third-order valence-electron chi connectivity index (χ3n) is 1.91. The number of benzene rings is 1. The molecule has 0 fully saturated rings. The van der Waals surface area contributed by atoms with Crippen LogP contribution in [0.25, 0.3) is 0 Å². The van der Waals surface area contributed by atoms with Gasteiger partial charge in [-0.3, -0.25) is 5.10 Å². The topological polar surface area (TPSA) is 47.1 Å². The highest BCUT2D eigenvalue weighted by Crippen LogP contribution is 2.31.